The third-order valence-electron chi connectivity index (χ3n) is 3.88. The molecule has 1 aliphatic rings. The fourth-order valence-electron chi connectivity index (χ4n) is 2.84. The number of anilines is 1. The van der Waals surface area contributed by atoms with Gasteiger partial charge in [0.25, 0.3) is 0 Å². The summed E-state index contributed by atoms with van der Waals surface area (Å²) in [5.74, 6) is 0.292. The first-order valence-electron chi connectivity index (χ1n) is 7.04. The number of halogens is 1. The van der Waals surface area contributed by atoms with Crippen molar-refractivity contribution in [3.8, 4) is 0 Å². The Kier molecular flexibility index (Phi) is 5.08. The normalized spacial score (nSPS) is 24.6. The van der Waals surface area contributed by atoms with Crippen LogP contribution in [0, 0.1) is 5.92 Å². The van der Waals surface area contributed by atoms with Crippen molar-refractivity contribution in [3.05, 3.63) is 28.8 Å². The topological polar surface area (TPSA) is 49.5 Å². The molecule has 2 atom stereocenters. The van der Waals surface area contributed by atoms with E-state index in [9.17, 15) is 5.11 Å². The number of hydrogen-bond acceptors (Lipinski definition) is 3. The fraction of sp³-hybridized carbons (Fsp3) is 0.600. The molecule has 1 heterocycles. The number of rotatable bonds is 4. The predicted octanol–water partition coefficient (Wildman–Crippen LogP) is 2.56. The van der Waals surface area contributed by atoms with Crippen molar-refractivity contribution in [1.29, 1.82) is 0 Å². The number of aliphatic hydroxyl groups is 1. The summed E-state index contributed by atoms with van der Waals surface area (Å²) in [5.41, 5.74) is 7.61. The van der Waals surface area contributed by atoms with Crippen LogP contribution in [0.1, 0.15) is 25.3 Å². The summed E-state index contributed by atoms with van der Waals surface area (Å²) in [7, 11) is 0. The van der Waals surface area contributed by atoms with Gasteiger partial charge >= 0.3 is 0 Å². The monoisotopic (exact) mass is 282 g/mol. The van der Waals surface area contributed by atoms with E-state index in [1.165, 1.54) is 0 Å². The van der Waals surface area contributed by atoms with Gasteiger partial charge in [0.2, 0.25) is 0 Å². The molecule has 1 aromatic rings. The van der Waals surface area contributed by atoms with E-state index in [4.69, 9.17) is 17.3 Å². The summed E-state index contributed by atoms with van der Waals surface area (Å²) < 4.78 is 0. The van der Waals surface area contributed by atoms with Gasteiger partial charge in [-0.15, -0.1) is 0 Å². The number of aliphatic hydroxyl groups excluding tert-OH is 1. The van der Waals surface area contributed by atoms with Crippen LogP contribution in [0.3, 0.4) is 0 Å². The van der Waals surface area contributed by atoms with E-state index in [2.05, 4.69) is 11.8 Å². The maximum Gasteiger partial charge on any atom is 0.0635 e. The molecule has 1 fully saturated rings. The van der Waals surface area contributed by atoms with Crippen LogP contribution in [0.4, 0.5) is 5.69 Å². The molecule has 0 aliphatic carbocycles. The largest absolute Gasteiger partial charge is 0.398 e. The van der Waals surface area contributed by atoms with Crippen LogP contribution in [-0.2, 0) is 6.42 Å². The SMILES string of the molecule is CCCN1CCC(O)C(Cc2ccc(Cl)c(N)c2)C1. The van der Waals surface area contributed by atoms with Crippen molar-refractivity contribution in [2.75, 3.05) is 25.4 Å². The molecule has 19 heavy (non-hydrogen) atoms. The van der Waals surface area contributed by atoms with Gasteiger partial charge in [0.15, 0.2) is 0 Å². The second-order valence-electron chi connectivity index (χ2n) is 5.48. The molecule has 3 nitrogen and oxygen atoms in total. The molecule has 0 aromatic heterocycles. The first-order chi connectivity index (χ1) is 9.10. The molecule has 1 saturated heterocycles. The zero-order chi connectivity index (χ0) is 13.8. The minimum Gasteiger partial charge on any atom is -0.398 e. The van der Waals surface area contributed by atoms with Gasteiger partial charge in [-0.1, -0.05) is 24.6 Å². The second-order valence-corrected chi connectivity index (χ2v) is 5.88. The molecular formula is C15H23ClN2O. The van der Waals surface area contributed by atoms with Gasteiger partial charge in [-0.25, -0.2) is 0 Å². The van der Waals surface area contributed by atoms with E-state index >= 15 is 0 Å². The van der Waals surface area contributed by atoms with Crippen LogP contribution in [-0.4, -0.2) is 35.7 Å². The molecule has 0 saturated carbocycles. The first-order valence-corrected chi connectivity index (χ1v) is 7.42. The molecule has 0 radical (unpaired) electrons. The average molecular weight is 283 g/mol. The van der Waals surface area contributed by atoms with Crippen molar-refractivity contribution in [1.82, 2.24) is 4.90 Å². The minimum absolute atomic E-state index is 0.204. The van der Waals surface area contributed by atoms with E-state index in [0.29, 0.717) is 16.6 Å². The Morgan fingerprint density at radius 2 is 2.26 bits per heavy atom. The molecule has 3 N–H and O–H groups in total. The van der Waals surface area contributed by atoms with Gasteiger partial charge in [0.05, 0.1) is 16.8 Å². The number of benzene rings is 1. The van der Waals surface area contributed by atoms with Crippen molar-refractivity contribution in [2.45, 2.75) is 32.3 Å². The highest BCUT2D eigenvalue weighted by molar-refractivity contribution is 6.33. The zero-order valence-corrected chi connectivity index (χ0v) is 12.2. The molecule has 2 unspecified atom stereocenters. The number of hydrogen-bond donors (Lipinski definition) is 2. The van der Waals surface area contributed by atoms with Gasteiger partial charge < -0.3 is 15.7 Å². The van der Waals surface area contributed by atoms with E-state index in [0.717, 1.165) is 44.5 Å². The fourth-order valence-corrected chi connectivity index (χ4v) is 2.96. The Morgan fingerprint density at radius 3 is 2.95 bits per heavy atom. The summed E-state index contributed by atoms with van der Waals surface area (Å²) >= 11 is 5.93. The van der Waals surface area contributed by atoms with Gasteiger partial charge in [-0.05, 0) is 43.5 Å². The lowest BCUT2D eigenvalue weighted by Gasteiger charge is -2.36. The summed E-state index contributed by atoms with van der Waals surface area (Å²) in [5, 5.41) is 10.8. The number of piperidine rings is 1. The number of nitrogen functional groups attached to an aromatic ring is 1. The third kappa shape index (κ3) is 3.85. The highest BCUT2D eigenvalue weighted by Crippen LogP contribution is 2.25. The van der Waals surface area contributed by atoms with Crippen LogP contribution < -0.4 is 5.73 Å². The molecule has 2 rings (SSSR count). The van der Waals surface area contributed by atoms with Crippen LogP contribution in [0.5, 0.6) is 0 Å². The second kappa shape index (κ2) is 6.60. The Bertz CT molecular complexity index is 425. The lowest BCUT2D eigenvalue weighted by molar-refractivity contribution is 0.0270. The molecule has 106 valence electrons. The Hall–Kier alpha value is -0.770. The number of nitrogens with two attached hydrogens (primary N) is 1. The predicted molar refractivity (Wildman–Crippen MR) is 80.4 cm³/mol. The molecule has 0 bridgehead atoms. The summed E-state index contributed by atoms with van der Waals surface area (Å²) in [4.78, 5) is 2.44. The average Bonchev–Trinajstić information content (AvgIpc) is 2.38. The molecule has 0 spiro atoms. The van der Waals surface area contributed by atoms with Gasteiger partial charge in [0.1, 0.15) is 0 Å². The van der Waals surface area contributed by atoms with Crippen molar-refractivity contribution in [3.63, 3.8) is 0 Å². The molecular weight excluding hydrogens is 260 g/mol. The van der Waals surface area contributed by atoms with E-state index < -0.39 is 0 Å². The van der Waals surface area contributed by atoms with E-state index in [1.807, 2.05) is 18.2 Å². The van der Waals surface area contributed by atoms with Gasteiger partial charge in [-0.3, -0.25) is 0 Å². The lowest BCUT2D eigenvalue weighted by Crippen LogP contribution is -2.44. The summed E-state index contributed by atoms with van der Waals surface area (Å²) in [6.45, 7) is 5.29. The van der Waals surface area contributed by atoms with Gasteiger partial charge in [0, 0.05) is 19.0 Å². The number of likely N-dealkylation sites (tertiary alicyclic amines) is 1. The molecule has 4 heteroatoms. The first kappa shape index (κ1) is 14.6. The minimum atomic E-state index is -0.204. The van der Waals surface area contributed by atoms with Crippen molar-refractivity contribution < 1.29 is 5.11 Å². The van der Waals surface area contributed by atoms with Crippen molar-refractivity contribution >= 4 is 17.3 Å². The van der Waals surface area contributed by atoms with E-state index in [1.54, 1.807) is 0 Å². The maximum atomic E-state index is 10.2. The highest BCUT2D eigenvalue weighted by atomic mass is 35.5. The lowest BCUT2D eigenvalue weighted by atomic mass is 9.88. The van der Waals surface area contributed by atoms with Crippen LogP contribution >= 0.6 is 11.6 Å². The molecule has 1 aliphatic heterocycles. The quantitative estimate of drug-likeness (QED) is 0.835. The summed E-state index contributed by atoms with van der Waals surface area (Å²) in [6.07, 6.45) is 2.69. The van der Waals surface area contributed by atoms with Crippen LogP contribution in [0.25, 0.3) is 0 Å². The molecule has 1 aromatic carbocycles. The zero-order valence-electron chi connectivity index (χ0n) is 11.5. The summed E-state index contributed by atoms with van der Waals surface area (Å²) in [6, 6.07) is 5.77. The Labute approximate surface area is 120 Å². The van der Waals surface area contributed by atoms with E-state index in [-0.39, 0.29) is 6.10 Å². The molecule has 0 amide bonds. The number of nitrogens with zero attached hydrogens (tertiary/aromatic N) is 1. The third-order valence-corrected chi connectivity index (χ3v) is 4.22. The van der Waals surface area contributed by atoms with Crippen LogP contribution in [0.2, 0.25) is 5.02 Å². The maximum absolute atomic E-state index is 10.2. The Morgan fingerprint density at radius 1 is 1.47 bits per heavy atom. The smallest absolute Gasteiger partial charge is 0.0635 e. The Balaban J connectivity index is 2.01. The highest BCUT2D eigenvalue weighted by Gasteiger charge is 2.27. The van der Waals surface area contributed by atoms with Gasteiger partial charge in [-0.2, -0.15) is 0 Å². The van der Waals surface area contributed by atoms with Crippen molar-refractivity contribution in [2.24, 2.45) is 5.92 Å². The standard InChI is InChI=1S/C15H23ClN2O/c1-2-6-18-7-5-15(19)12(10-18)8-11-3-4-13(16)14(17)9-11/h3-4,9,12,15,19H,2,5-8,10,17H2,1H3. The van der Waals surface area contributed by atoms with Crippen LogP contribution in [0.15, 0.2) is 18.2 Å².